The largest absolute Gasteiger partial charge is 0.482 e. The summed E-state index contributed by atoms with van der Waals surface area (Å²) in [6.07, 6.45) is 8.67. The highest BCUT2D eigenvalue weighted by molar-refractivity contribution is 7.89. The van der Waals surface area contributed by atoms with Crippen molar-refractivity contribution in [3.05, 3.63) is 58.6 Å². The van der Waals surface area contributed by atoms with Crippen LogP contribution in [-0.2, 0) is 27.8 Å². The molecule has 2 aromatic rings. The zero-order valence-corrected chi connectivity index (χ0v) is 20.3. The molecular formula is C25H31ClN2O4S. The number of benzene rings is 2. The molecule has 8 heteroatoms. The summed E-state index contributed by atoms with van der Waals surface area (Å²) in [5, 5.41) is 3.23. The molecule has 1 saturated carbocycles. The quantitative estimate of drug-likeness (QED) is 0.637. The Morgan fingerprint density at radius 1 is 1.03 bits per heavy atom. The van der Waals surface area contributed by atoms with Crippen molar-refractivity contribution in [3.63, 3.8) is 0 Å². The van der Waals surface area contributed by atoms with Crippen LogP contribution in [0.4, 0.5) is 0 Å². The van der Waals surface area contributed by atoms with E-state index in [4.69, 9.17) is 16.3 Å². The zero-order chi connectivity index (χ0) is 23.3. The van der Waals surface area contributed by atoms with Gasteiger partial charge in [0.2, 0.25) is 10.0 Å². The summed E-state index contributed by atoms with van der Waals surface area (Å²) in [5.41, 5.74) is 2.21. The molecule has 0 spiro atoms. The van der Waals surface area contributed by atoms with Crippen LogP contribution in [-0.4, -0.2) is 37.8 Å². The van der Waals surface area contributed by atoms with E-state index in [9.17, 15) is 13.2 Å². The van der Waals surface area contributed by atoms with Gasteiger partial charge in [-0.15, -0.1) is 0 Å². The van der Waals surface area contributed by atoms with Gasteiger partial charge < -0.3 is 10.1 Å². The number of carbonyl (C=O) groups excluding carboxylic acids is 1. The summed E-state index contributed by atoms with van der Waals surface area (Å²) >= 11 is 6.33. The molecule has 2 aliphatic rings. The Morgan fingerprint density at radius 3 is 2.45 bits per heavy atom. The minimum absolute atomic E-state index is 0.123. The maximum atomic E-state index is 13.2. The molecule has 178 valence electrons. The number of halogens is 1. The molecule has 1 heterocycles. The minimum atomic E-state index is -3.69. The molecule has 0 atom stereocenters. The zero-order valence-electron chi connectivity index (χ0n) is 18.8. The molecule has 6 nitrogen and oxygen atoms in total. The molecule has 0 unspecified atom stereocenters. The first-order valence-corrected chi connectivity index (χ1v) is 13.5. The van der Waals surface area contributed by atoms with Gasteiger partial charge in [-0.1, -0.05) is 68.0 Å². The Balaban J connectivity index is 1.36. The van der Waals surface area contributed by atoms with Crippen molar-refractivity contribution >= 4 is 27.5 Å². The van der Waals surface area contributed by atoms with E-state index in [2.05, 4.69) is 5.32 Å². The molecule has 4 rings (SSSR count). The van der Waals surface area contributed by atoms with E-state index in [0.717, 1.165) is 31.2 Å². The molecular weight excluding hydrogens is 460 g/mol. The first-order valence-electron chi connectivity index (χ1n) is 11.7. The van der Waals surface area contributed by atoms with Crippen LogP contribution in [0.25, 0.3) is 0 Å². The lowest BCUT2D eigenvalue weighted by Gasteiger charge is -2.28. The molecule has 33 heavy (non-hydrogen) atoms. The van der Waals surface area contributed by atoms with Crippen molar-refractivity contribution in [2.75, 3.05) is 13.2 Å². The number of amides is 1. The predicted octanol–water partition coefficient (Wildman–Crippen LogP) is 4.69. The van der Waals surface area contributed by atoms with Crippen LogP contribution in [0, 0.1) is 0 Å². The summed E-state index contributed by atoms with van der Waals surface area (Å²) in [5.74, 6) is 0.118. The van der Waals surface area contributed by atoms with Gasteiger partial charge in [-0.05, 0) is 48.6 Å². The van der Waals surface area contributed by atoms with Gasteiger partial charge in [0.1, 0.15) is 5.75 Å². The van der Waals surface area contributed by atoms with E-state index in [-0.39, 0.29) is 28.5 Å². The van der Waals surface area contributed by atoms with Crippen molar-refractivity contribution in [1.82, 2.24) is 9.62 Å². The van der Waals surface area contributed by atoms with Crippen molar-refractivity contribution in [2.24, 2.45) is 0 Å². The number of hydrogen-bond acceptors (Lipinski definition) is 4. The van der Waals surface area contributed by atoms with Gasteiger partial charge in [-0.3, -0.25) is 4.79 Å². The topological polar surface area (TPSA) is 75.7 Å². The van der Waals surface area contributed by atoms with E-state index in [1.54, 1.807) is 0 Å². The third kappa shape index (κ3) is 6.08. The standard InChI is InChI=1S/C25H31ClN2O4S/c26-23-16-22(33(30,31)28-15-14-19-8-6-7-9-20(19)17-28)12-13-24(23)32-18-25(29)27-21-10-4-2-1-3-5-11-21/h6-9,12-13,16,21H,1-5,10-11,14-15,17-18H2,(H,27,29). The van der Waals surface area contributed by atoms with Gasteiger partial charge in [-0.25, -0.2) is 8.42 Å². The lowest BCUT2D eigenvalue weighted by atomic mass is 9.97. The second-order valence-corrected chi connectivity index (χ2v) is 11.2. The predicted molar refractivity (Wildman–Crippen MR) is 129 cm³/mol. The number of hydrogen-bond donors (Lipinski definition) is 1. The first kappa shape index (κ1) is 24.0. The van der Waals surface area contributed by atoms with Crippen molar-refractivity contribution in [3.8, 4) is 5.75 Å². The van der Waals surface area contributed by atoms with Crippen LogP contribution in [0.5, 0.6) is 5.75 Å². The molecule has 1 N–H and O–H groups in total. The number of nitrogens with one attached hydrogen (secondary N) is 1. The van der Waals surface area contributed by atoms with E-state index in [0.29, 0.717) is 25.3 Å². The van der Waals surface area contributed by atoms with Crippen LogP contribution in [0.15, 0.2) is 47.4 Å². The lowest BCUT2D eigenvalue weighted by Crippen LogP contribution is -2.38. The number of carbonyl (C=O) groups is 1. The van der Waals surface area contributed by atoms with E-state index >= 15 is 0 Å². The second kappa shape index (κ2) is 10.9. The smallest absolute Gasteiger partial charge is 0.258 e. The van der Waals surface area contributed by atoms with E-state index in [1.807, 2.05) is 24.3 Å². The Kier molecular flexibility index (Phi) is 7.94. The lowest BCUT2D eigenvalue weighted by molar-refractivity contribution is -0.123. The van der Waals surface area contributed by atoms with Gasteiger partial charge in [0.15, 0.2) is 6.61 Å². The van der Waals surface area contributed by atoms with Crippen LogP contribution >= 0.6 is 11.6 Å². The molecule has 1 amide bonds. The Labute approximate surface area is 201 Å². The van der Waals surface area contributed by atoms with Gasteiger partial charge in [0, 0.05) is 19.1 Å². The fraction of sp³-hybridized carbons (Fsp3) is 0.480. The highest BCUT2D eigenvalue weighted by Gasteiger charge is 2.28. The van der Waals surface area contributed by atoms with E-state index in [1.165, 1.54) is 47.3 Å². The Bertz CT molecular complexity index is 1080. The van der Waals surface area contributed by atoms with Crippen LogP contribution in [0.3, 0.4) is 0 Å². The molecule has 0 saturated heterocycles. The minimum Gasteiger partial charge on any atom is -0.482 e. The summed E-state index contributed by atoms with van der Waals surface area (Å²) in [7, 11) is -3.69. The molecule has 0 aromatic heterocycles. The molecule has 0 bridgehead atoms. The van der Waals surface area contributed by atoms with Gasteiger partial charge in [0.05, 0.1) is 9.92 Å². The van der Waals surface area contributed by atoms with Gasteiger partial charge in [0.25, 0.3) is 5.91 Å². The molecule has 2 aromatic carbocycles. The summed E-state index contributed by atoms with van der Waals surface area (Å²) in [4.78, 5) is 12.5. The van der Waals surface area contributed by atoms with Crippen LogP contribution < -0.4 is 10.1 Å². The SMILES string of the molecule is O=C(COc1ccc(S(=O)(=O)N2CCc3ccccc3C2)cc1Cl)NC1CCCCCCC1. The third-order valence-electron chi connectivity index (χ3n) is 6.47. The van der Waals surface area contributed by atoms with Crippen molar-refractivity contribution < 1.29 is 17.9 Å². The van der Waals surface area contributed by atoms with Gasteiger partial charge >= 0.3 is 0 Å². The molecule has 1 aliphatic carbocycles. The Hall–Kier alpha value is -2.09. The molecule has 1 fully saturated rings. The average molecular weight is 491 g/mol. The van der Waals surface area contributed by atoms with Crippen LogP contribution in [0.1, 0.15) is 56.1 Å². The monoisotopic (exact) mass is 490 g/mol. The number of rotatable bonds is 6. The molecule has 0 radical (unpaired) electrons. The normalized spacial score (nSPS) is 18.1. The average Bonchev–Trinajstić information content (AvgIpc) is 2.79. The van der Waals surface area contributed by atoms with E-state index < -0.39 is 10.0 Å². The summed E-state index contributed by atoms with van der Waals surface area (Å²) in [6, 6.07) is 12.5. The highest BCUT2D eigenvalue weighted by Crippen LogP contribution is 2.31. The van der Waals surface area contributed by atoms with Crippen molar-refractivity contribution in [1.29, 1.82) is 0 Å². The number of nitrogens with zero attached hydrogens (tertiary/aromatic N) is 1. The second-order valence-electron chi connectivity index (χ2n) is 8.85. The number of sulfonamides is 1. The fourth-order valence-corrected chi connectivity index (χ4v) is 6.34. The Morgan fingerprint density at radius 2 is 1.73 bits per heavy atom. The molecule has 1 aliphatic heterocycles. The maximum Gasteiger partial charge on any atom is 0.258 e. The summed E-state index contributed by atoms with van der Waals surface area (Å²) in [6.45, 7) is 0.623. The first-order chi connectivity index (χ1) is 15.9. The maximum absolute atomic E-state index is 13.2. The number of ether oxygens (including phenoxy) is 1. The number of fused-ring (bicyclic) bond motifs is 1. The van der Waals surface area contributed by atoms with Crippen molar-refractivity contribution in [2.45, 2.75) is 68.8 Å². The third-order valence-corrected chi connectivity index (χ3v) is 8.60. The van der Waals surface area contributed by atoms with Gasteiger partial charge in [-0.2, -0.15) is 4.31 Å². The fourth-order valence-electron chi connectivity index (χ4n) is 4.60. The van der Waals surface area contributed by atoms with Crippen LogP contribution in [0.2, 0.25) is 5.02 Å². The summed E-state index contributed by atoms with van der Waals surface area (Å²) < 4.78 is 33.4. The highest BCUT2D eigenvalue weighted by atomic mass is 35.5.